The summed E-state index contributed by atoms with van der Waals surface area (Å²) in [6.45, 7) is 3.02. The van der Waals surface area contributed by atoms with Crippen molar-refractivity contribution in [3.05, 3.63) is 30.3 Å². The van der Waals surface area contributed by atoms with Gasteiger partial charge in [0.05, 0.1) is 0 Å². The normalized spacial score (nSPS) is 14.6. The Hall–Kier alpha value is -1.84. The van der Waals surface area contributed by atoms with E-state index in [0.717, 1.165) is 12.4 Å². The van der Waals surface area contributed by atoms with Crippen LogP contribution in [0.4, 0.5) is 5.69 Å². The average Bonchev–Trinajstić information content (AvgIpc) is 2.76. The summed E-state index contributed by atoms with van der Waals surface area (Å²) in [6.07, 6.45) is 2.36. The fourth-order valence-corrected chi connectivity index (χ4v) is 1.57. The summed E-state index contributed by atoms with van der Waals surface area (Å²) in [6, 6.07) is 10.1. The van der Waals surface area contributed by atoms with E-state index in [1.165, 1.54) is 0 Å². The highest BCUT2D eigenvalue weighted by Crippen LogP contribution is 2.15. The molecule has 1 aromatic carbocycles. The van der Waals surface area contributed by atoms with Gasteiger partial charge in [-0.05, 0) is 19.1 Å². The fraction of sp³-hybridized carbons (Fsp3) is 0.333. The fourth-order valence-electron chi connectivity index (χ4n) is 1.57. The molecule has 1 aliphatic rings. The van der Waals surface area contributed by atoms with Gasteiger partial charge in [0, 0.05) is 18.7 Å². The van der Waals surface area contributed by atoms with Crippen molar-refractivity contribution in [1.82, 2.24) is 5.01 Å². The molecule has 1 aliphatic heterocycles. The Bertz CT molecular complexity index is 389. The number of anilines is 1. The van der Waals surface area contributed by atoms with Crippen molar-refractivity contribution in [2.24, 2.45) is 5.10 Å². The zero-order valence-electron chi connectivity index (χ0n) is 9.34. The van der Waals surface area contributed by atoms with Crippen molar-refractivity contribution in [2.45, 2.75) is 13.3 Å². The van der Waals surface area contributed by atoms with Crippen LogP contribution in [0, 0.1) is 0 Å². The third kappa shape index (κ3) is 2.59. The first-order chi connectivity index (χ1) is 7.75. The van der Waals surface area contributed by atoms with E-state index in [2.05, 4.69) is 10.0 Å². The number of hydrogen-bond donors (Lipinski definition) is 0. The van der Waals surface area contributed by atoms with Crippen molar-refractivity contribution in [3.8, 4) is 0 Å². The molecule has 84 valence electrons. The topological polar surface area (TPSA) is 35.9 Å². The molecule has 0 atom stereocenters. The van der Waals surface area contributed by atoms with E-state index in [1.54, 1.807) is 13.3 Å². The van der Waals surface area contributed by atoms with Gasteiger partial charge in [-0.2, -0.15) is 5.10 Å². The zero-order chi connectivity index (χ0) is 11.4. The van der Waals surface area contributed by atoms with Gasteiger partial charge in [0.15, 0.2) is 0 Å². The standard InChI is InChI=1S/C12H15N3O/c1-11(16)7-8-15-10-14(9-13-15)12-5-3-2-4-6-12/h2-6,9H,7-8,10H2,1H3. The van der Waals surface area contributed by atoms with Gasteiger partial charge in [0.25, 0.3) is 0 Å². The van der Waals surface area contributed by atoms with Gasteiger partial charge >= 0.3 is 0 Å². The van der Waals surface area contributed by atoms with Crippen LogP contribution in [0.2, 0.25) is 0 Å². The lowest BCUT2D eigenvalue weighted by Gasteiger charge is -2.18. The average molecular weight is 217 g/mol. The van der Waals surface area contributed by atoms with Gasteiger partial charge in [0.1, 0.15) is 18.8 Å². The number of hydrogen-bond acceptors (Lipinski definition) is 4. The number of ketones is 1. The predicted molar refractivity (Wildman–Crippen MR) is 64.3 cm³/mol. The summed E-state index contributed by atoms with van der Waals surface area (Å²) in [5.74, 6) is 0.202. The van der Waals surface area contributed by atoms with Crippen molar-refractivity contribution in [1.29, 1.82) is 0 Å². The lowest BCUT2D eigenvalue weighted by molar-refractivity contribution is -0.117. The van der Waals surface area contributed by atoms with Gasteiger partial charge < -0.3 is 4.90 Å². The molecule has 0 aromatic heterocycles. The van der Waals surface area contributed by atoms with Crippen molar-refractivity contribution in [3.63, 3.8) is 0 Å². The number of carbonyl (C=O) groups is 1. The van der Waals surface area contributed by atoms with E-state index >= 15 is 0 Å². The van der Waals surface area contributed by atoms with E-state index < -0.39 is 0 Å². The van der Waals surface area contributed by atoms with Gasteiger partial charge in [-0.1, -0.05) is 18.2 Å². The molecule has 0 unspecified atom stereocenters. The Morgan fingerprint density at radius 3 is 2.81 bits per heavy atom. The highest BCUT2D eigenvalue weighted by atomic mass is 16.1. The summed E-state index contributed by atoms with van der Waals surface area (Å²) in [5, 5.41) is 6.14. The van der Waals surface area contributed by atoms with Crippen LogP contribution in [0.5, 0.6) is 0 Å². The predicted octanol–water partition coefficient (Wildman–Crippen LogP) is 1.69. The van der Waals surface area contributed by atoms with Crippen LogP contribution in [0.1, 0.15) is 13.3 Å². The highest BCUT2D eigenvalue weighted by molar-refractivity contribution is 5.80. The van der Waals surface area contributed by atoms with Gasteiger partial charge in [0.2, 0.25) is 0 Å². The van der Waals surface area contributed by atoms with Crippen molar-refractivity contribution < 1.29 is 4.79 Å². The van der Waals surface area contributed by atoms with E-state index in [-0.39, 0.29) is 5.78 Å². The monoisotopic (exact) mass is 217 g/mol. The lowest BCUT2D eigenvalue weighted by atomic mass is 10.3. The molecular weight excluding hydrogens is 202 g/mol. The maximum Gasteiger partial charge on any atom is 0.131 e. The minimum atomic E-state index is 0.202. The number of carbonyl (C=O) groups excluding carboxylic acids is 1. The third-order valence-corrected chi connectivity index (χ3v) is 2.48. The van der Waals surface area contributed by atoms with Crippen LogP contribution < -0.4 is 4.90 Å². The first-order valence-corrected chi connectivity index (χ1v) is 5.36. The maximum atomic E-state index is 10.9. The number of Topliss-reactive ketones (excluding diaryl/α,β-unsaturated/α-hetero) is 1. The Labute approximate surface area is 95.2 Å². The molecule has 0 bridgehead atoms. The van der Waals surface area contributed by atoms with E-state index in [0.29, 0.717) is 13.0 Å². The van der Waals surface area contributed by atoms with Crippen molar-refractivity contribution in [2.75, 3.05) is 18.1 Å². The molecule has 2 rings (SSSR count). The molecule has 0 radical (unpaired) electrons. The zero-order valence-corrected chi connectivity index (χ0v) is 9.34. The molecule has 1 heterocycles. The highest BCUT2D eigenvalue weighted by Gasteiger charge is 2.14. The van der Waals surface area contributed by atoms with Crippen LogP contribution in [0.25, 0.3) is 0 Å². The molecule has 0 aliphatic carbocycles. The molecule has 0 N–H and O–H groups in total. The summed E-state index contributed by atoms with van der Waals surface area (Å²) < 4.78 is 0. The van der Waals surface area contributed by atoms with Crippen LogP contribution in [-0.2, 0) is 4.79 Å². The molecule has 1 aromatic rings. The Kier molecular flexibility index (Phi) is 3.19. The maximum absolute atomic E-state index is 10.9. The largest absolute Gasteiger partial charge is 0.311 e. The number of nitrogens with zero attached hydrogens (tertiary/aromatic N) is 3. The minimum absolute atomic E-state index is 0.202. The Morgan fingerprint density at radius 1 is 1.38 bits per heavy atom. The third-order valence-electron chi connectivity index (χ3n) is 2.48. The second-order valence-electron chi connectivity index (χ2n) is 3.86. The van der Waals surface area contributed by atoms with E-state index in [1.807, 2.05) is 35.3 Å². The van der Waals surface area contributed by atoms with Gasteiger partial charge in [-0.15, -0.1) is 0 Å². The molecule has 4 nitrogen and oxygen atoms in total. The van der Waals surface area contributed by atoms with Gasteiger partial charge in [-0.3, -0.25) is 9.80 Å². The molecule has 16 heavy (non-hydrogen) atoms. The molecule has 4 heteroatoms. The summed E-state index contributed by atoms with van der Waals surface area (Å²) in [5.41, 5.74) is 1.12. The van der Waals surface area contributed by atoms with E-state index in [4.69, 9.17) is 0 Å². The number of benzene rings is 1. The summed E-state index contributed by atoms with van der Waals surface area (Å²) in [4.78, 5) is 12.9. The quantitative estimate of drug-likeness (QED) is 0.770. The van der Waals surface area contributed by atoms with Crippen LogP contribution in [-0.4, -0.2) is 30.3 Å². The molecule has 0 saturated carbocycles. The first kappa shape index (κ1) is 10.7. The summed E-state index contributed by atoms with van der Waals surface area (Å²) >= 11 is 0. The Balaban J connectivity index is 1.90. The minimum Gasteiger partial charge on any atom is -0.311 e. The first-order valence-electron chi connectivity index (χ1n) is 5.36. The molecule has 0 spiro atoms. The van der Waals surface area contributed by atoms with Crippen LogP contribution in [0.15, 0.2) is 35.4 Å². The summed E-state index contributed by atoms with van der Waals surface area (Å²) in [7, 11) is 0. The number of para-hydroxylation sites is 1. The smallest absolute Gasteiger partial charge is 0.131 e. The molecule has 0 amide bonds. The molecular formula is C12H15N3O. The SMILES string of the molecule is CC(=O)CCN1CN(c2ccccc2)C=N1. The van der Waals surface area contributed by atoms with Crippen LogP contribution in [0.3, 0.4) is 0 Å². The Morgan fingerprint density at radius 2 is 2.12 bits per heavy atom. The van der Waals surface area contributed by atoms with Gasteiger partial charge in [-0.25, -0.2) is 0 Å². The van der Waals surface area contributed by atoms with E-state index in [9.17, 15) is 4.79 Å². The molecule has 0 fully saturated rings. The van der Waals surface area contributed by atoms with Crippen LogP contribution >= 0.6 is 0 Å². The lowest BCUT2D eigenvalue weighted by Crippen LogP contribution is -2.27. The number of hydrazone groups is 1. The second-order valence-corrected chi connectivity index (χ2v) is 3.86. The molecule has 0 saturated heterocycles. The number of rotatable bonds is 4. The second kappa shape index (κ2) is 4.79. The van der Waals surface area contributed by atoms with Crippen molar-refractivity contribution >= 4 is 17.8 Å².